The van der Waals surface area contributed by atoms with Gasteiger partial charge in [-0.3, -0.25) is 4.79 Å². The first kappa shape index (κ1) is 13.9. The molecule has 1 N–H and O–H groups in total. The summed E-state index contributed by atoms with van der Waals surface area (Å²) in [6.45, 7) is 5.17. The van der Waals surface area contributed by atoms with Crippen molar-refractivity contribution in [1.82, 2.24) is 0 Å². The number of hydrogen-bond acceptors (Lipinski definition) is 2. The van der Waals surface area contributed by atoms with E-state index in [0.717, 1.165) is 0 Å². The number of carbonyl (C=O) groups is 1. The molecule has 2 unspecified atom stereocenters. The van der Waals surface area contributed by atoms with Gasteiger partial charge >= 0.3 is 0 Å². The molecule has 3 aliphatic rings. The molecule has 0 spiro atoms. The quantitative estimate of drug-likeness (QED) is 0.577. The molecule has 2 nitrogen and oxygen atoms in total. The second-order valence-corrected chi connectivity index (χ2v) is 6.99. The van der Waals surface area contributed by atoms with Crippen LogP contribution in [-0.4, -0.2) is 17.4 Å². The Morgan fingerprint density at radius 2 is 2.00 bits per heavy atom. The van der Waals surface area contributed by atoms with E-state index in [4.69, 9.17) is 5.41 Å². The zero-order valence-corrected chi connectivity index (χ0v) is 12.1. The van der Waals surface area contributed by atoms with Gasteiger partial charge in [-0.25, -0.2) is 8.78 Å². The van der Waals surface area contributed by atoms with E-state index in [-0.39, 0.29) is 35.2 Å². The van der Waals surface area contributed by atoms with Gasteiger partial charge in [0.2, 0.25) is 0 Å². The predicted octanol–water partition coefficient (Wildman–Crippen LogP) is 3.71. The minimum atomic E-state index is -2.85. The summed E-state index contributed by atoms with van der Waals surface area (Å²) in [5, 5.41) is 8.07. The predicted molar refractivity (Wildman–Crippen MR) is 73.0 cm³/mol. The number of Topliss-reactive ketones (excluding diaryl/α,β-unsaturated/α-hetero) is 1. The Kier molecular flexibility index (Phi) is 2.77. The minimum absolute atomic E-state index is 0.117. The SMILES string of the molecule is CC(=N)[C@@]12CC(F)(F)[C@@H](C)C[C@@H]1[C@@H](C)C1C=CC1C2=O. The molecule has 2 saturated carbocycles. The van der Waals surface area contributed by atoms with Crippen LogP contribution in [0.1, 0.15) is 33.6 Å². The number of nitrogens with one attached hydrogen (secondary N) is 1. The Balaban J connectivity index is 2.11. The standard InChI is InChI=1S/C16H21F2NO/c1-8-6-13-9(2)11-4-5-12(11)14(20)15(13,10(3)19)7-16(8,17)18/h4-5,8-9,11-13,19H,6-7H2,1-3H3/t8-,9-,11?,12?,13+,15-/m0/s1. The summed E-state index contributed by atoms with van der Waals surface area (Å²) < 4.78 is 28.5. The van der Waals surface area contributed by atoms with Gasteiger partial charge in [0.15, 0.2) is 5.78 Å². The molecule has 0 saturated heterocycles. The van der Waals surface area contributed by atoms with Gasteiger partial charge < -0.3 is 5.41 Å². The first-order chi connectivity index (χ1) is 9.21. The molecule has 4 heteroatoms. The third kappa shape index (κ3) is 1.48. The van der Waals surface area contributed by atoms with Gasteiger partial charge in [0, 0.05) is 24.0 Å². The molecule has 2 fully saturated rings. The van der Waals surface area contributed by atoms with Crippen LogP contribution in [0.4, 0.5) is 8.78 Å². The maximum absolute atomic E-state index is 14.2. The average molecular weight is 281 g/mol. The molecule has 20 heavy (non-hydrogen) atoms. The smallest absolute Gasteiger partial charge is 0.252 e. The van der Waals surface area contributed by atoms with Crippen LogP contribution >= 0.6 is 0 Å². The highest BCUT2D eigenvalue weighted by atomic mass is 19.3. The van der Waals surface area contributed by atoms with Crippen molar-refractivity contribution >= 4 is 11.5 Å². The van der Waals surface area contributed by atoms with Crippen molar-refractivity contribution in [3.8, 4) is 0 Å². The highest BCUT2D eigenvalue weighted by Crippen LogP contribution is 2.61. The van der Waals surface area contributed by atoms with Gasteiger partial charge in [-0.1, -0.05) is 26.0 Å². The van der Waals surface area contributed by atoms with Crippen molar-refractivity contribution in [2.24, 2.45) is 35.0 Å². The summed E-state index contributed by atoms with van der Waals surface area (Å²) in [4.78, 5) is 12.8. The summed E-state index contributed by atoms with van der Waals surface area (Å²) in [5.74, 6) is -3.67. The van der Waals surface area contributed by atoms with E-state index in [1.807, 2.05) is 12.2 Å². The summed E-state index contributed by atoms with van der Waals surface area (Å²) in [7, 11) is 0. The highest BCUT2D eigenvalue weighted by molar-refractivity contribution is 6.10. The molecular formula is C16H21F2NO. The van der Waals surface area contributed by atoms with E-state index in [9.17, 15) is 13.6 Å². The van der Waals surface area contributed by atoms with E-state index < -0.39 is 23.7 Å². The number of hydrogen-bond donors (Lipinski definition) is 1. The molecule has 0 heterocycles. The van der Waals surface area contributed by atoms with E-state index in [1.165, 1.54) is 6.92 Å². The first-order valence-electron chi connectivity index (χ1n) is 7.38. The fourth-order valence-corrected chi connectivity index (χ4v) is 4.64. The largest absolute Gasteiger partial charge is 0.309 e. The second-order valence-electron chi connectivity index (χ2n) is 6.99. The van der Waals surface area contributed by atoms with Gasteiger partial charge in [0.25, 0.3) is 5.92 Å². The van der Waals surface area contributed by atoms with Crippen LogP contribution in [0.5, 0.6) is 0 Å². The van der Waals surface area contributed by atoms with Gasteiger partial charge in [0.1, 0.15) is 0 Å². The fraction of sp³-hybridized carbons (Fsp3) is 0.750. The van der Waals surface area contributed by atoms with Crippen LogP contribution in [0, 0.1) is 40.4 Å². The number of rotatable bonds is 1. The first-order valence-corrected chi connectivity index (χ1v) is 7.38. The number of allylic oxidation sites excluding steroid dienone is 2. The number of halogens is 2. The lowest BCUT2D eigenvalue weighted by Gasteiger charge is -2.58. The Bertz CT molecular complexity index is 513. The molecule has 0 amide bonds. The lowest BCUT2D eigenvalue weighted by Crippen LogP contribution is -2.63. The Morgan fingerprint density at radius 1 is 1.35 bits per heavy atom. The van der Waals surface area contributed by atoms with E-state index >= 15 is 0 Å². The lowest BCUT2D eigenvalue weighted by molar-refractivity contribution is -0.171. The van der Waals surface area contributed by atoms with E-state index in [0.29, 0.717) is 6.42 Å². The molecule has 0 radical (unpaired) electrons. The molecule has 110 valence electrons. The number of fused-ring (bicyclic) bond motifs is 2. The average Bonchev–Trinajstić information content (AvgIpc) is 2.28. The Morgan fingerprint density at radius 3 is 2.50 bits per heavy atom. The maximum Gasteiger partial charge on any atom is 0.252 e. The molecule has 0 aromatic rings. The second kappa shape index (κ2) is 3.99. The van der Waals surface area contributed by atoms with Crippen molar-refractivity contribution in [2.75, 3.05) is 0 Å². The fourth-order valence-electron chi connectivity index (χ4n) is 4.64. The van der Waals surface area contributed by atoms with E-state index in [2.05, 4.69) is 6.92 Å². The Hall–Kier alpha value is -1.06. The molecule has 3 rings (SSSR count). The number of alkyl halides is 2. The van der Waals surface area contributed by atoms with Gasteiger partial charge in [-0.05, 0) is 31.1 Å². The molecule has 3 aliphatic carbocycles. The summed E-state index contributed by atoms with van der Waals surface area (Å²) in [5.41, 5.74) is -1.11. The van der Waals surface area contributed by atoms with Gasteiger partial charge in [-0.2, -0.15) is 0 Å². The topological polar surface area (TPSA) is 40.9 Å². The lowest BCUT2D eigenvalue weighted by atomic mass is 9.45. The van der Waals surface area contributed by atoms with Crippen LogP contribution in [0.15, 0.2) is 12.2 Å². The van der Waals surface area contributed by atoms with Crippen LogP contribution in [-0.2, 0) is 4.79 Å². The molecule has 6 atom stereocenters. The number of carbonyl (C=O) groups excluding carboxylic acids is 1. The van der Waals surface area contributed by atoms with Crippen LogP contribution in [0.25, 0.3) is 0 Å². The van der Waals surface area contributed by atoms with Gasteiger partial charge in [-0.15, -0.1) is 0 Å². The zero-order chi connectivity index (χ0) is 14.9. The zero-order valence-electron chi connectivity index (χ0n) is 12.1. The van der Waals surface area contributed by atoms with E-state index in [1.54, 1.807) is 6.92 Å². The summed E-state index contributed by atoms with van der Waals surface area (Å²) >= 11 is 0. The highest BCUT2D eigenvalue weighted by Gasteiger charge is 2.66. The molecule has 0 aromatic carbocycles. The summed E-state index contributed by atoms with van der Waals surface area (Å²) in [6.07, 6.45) is 3.74. The monoisotopic (exact) mass is 281 g/mol. The number of ketones is 1. The van der Waals surface area contributed by atoms with Crippen molar-refractivity contribution in [3.63, 3.8) is 0 Å². The van der Waals surface area contributed by atoms with Crippen molar-refractivity contribution in [2.45, 2.75) is 39.5 Å². The Labute approximate surface area is 118 Å². The third-order valence-corrected chi connectivity index (χ3v) is 6.08. The molecule has 0 aliphatic heterocycles. The normalized spacial score (nSPS) is 49.0. The third-order valence-electron chi connectivity index (χ3n) is 6.08. The molecule has 0 bridgehead atoms. The summed E-state index contributed by atoms with van der Waals surface area (Å²) in [6, 6.07) is 0. The van der Waals surface area contributed by atoms with Crippen LogP contribution < -0.4 is 0 Å². The van der Waals surface area contributed by atoms with Gasteiger partial charge in [0.05, 0.1) is 5.41 Å². The van der Waals surface area contributed by atoms with Crippen molar-refractivity contribution < 1.29 is 13.6 Å². The van der Waals surface area contributed by atoms with Crippen LogP contribution in [0.2, 0.25) is 0 Å². The molecule has 0 aromatic heterocycles. The molecular weight excluding hydrogens is 260 g/mol. The minimum Gasteiger partial charge on any atom is -0.309 e. The maximum atomic E-state index is 14.2. The van der Waals surface area contributed by atoms with Crippen molar-refractivity contribution in [3.05, 3.63) is 12.2 Å². The van der Waals surface area contributed by atoms with Crippen molar-refractivity contribution in [1.29, 1.82) is 5.41 Å². The van der Waals surface area contributed by atoms with Crippen LogP contribution in [0.3, 0.4) is 0 Å².